The summed E-state index contributed by atoms with van der Waals surface area (Å²) < 4.78 is 2.10. The Balaban J connectivity index is 1.42. The number of nitrogens with one attached hydrogen (secondary N) is 2. The van der Waals surface area contributed by atoms with E-state index in [-0.39, 0.29) is 18.1 Å². The summed E-state index contributed by atoms with van der Waals surface area (Å²) in [7, 11) is 0. The highest BCUT2D eigenvalue weighted by Crippen LogP contribution is 2.44. The summed E-state index contributed by atoms with van der Waals surface area (Å²) >= 11 is 0. The molecular weight excluding hydrogens is 304 g/mol. The van der Waals surface area contributed by atoms with E-state index in [9.17, 15) is 9.90 Å². The van der Waals surface area contributed by atoms with Crippen molar-refractivity contribution in [3.8, 4) is 0 Å². The Kier molecular flexibility index (Phi) is 5.15. The van der Waals surface area contributed by atoms with Gasteiger partial charge in [0.25, 0.3) is 0 Å². The predicted octanol–water partition coefficient (Wildman–Crippen LogP) is 1.55. The first-order chi connectivity index (χ1) is 11.7. The van der Waals surface area contributed by atoms with Crippen molar-refractivity contribution in [2.24, 2.45) is 5.41 Å². The number of imidazole rings is 1. The minimum Gasteiger partial charge on any atom is -0.396 e. The fraction of sp³-hybridized carbons (Fsp3) is 0.444. The zero-order valence-electron chi connectivity index (χ0n) is 13.7. The Morgan fingerprint density at radius 2 is 2.04 bits per heavy atom. The van der Waals surface area contributed by atoms with Crippen molar-refractivity contribution in [2.75, 3.05) is 19.7 Å². The number of aliphatic hydroxyl groups excluding tert-OH is 1. The molecule has 3 rings (SSSR count). The molecular formula is C18H24N4O2. The van der Waals surface area contributed by atoms with Crippen molar-refractivity contribution in [1.82, 2.24) is 20.2 Å². The number of hydrogen-bond acceptors (Lipinski definition) is 3. The normalized spacial score (nSPS) is 15.0. The number of rotatable bonds is 8. The van der Waals surface area contributed by atoms with Gasteiger partial charge in [-0.05, 0) is 18.4 Å². The van der Waals surface area contributed by atoms with Crippen LogP contribution in [0.4, 0.5) is 4.79 Å². The maximum atomic E-state index is 11.8. The second-order valence-electron chi connectivity index (χ2n) is 6.47. The van der Waals surface area contributed by atoms with Crippen LogP contribution in [-0.2, 0) is 13.0 Å². The second-order valence-corrected chi connectivity index (χ2v) is 6.47. The largest absolute Gasteiger partial charge is 0.396 e. The standard InChI is InChI=1S/C18H24N4O2/c23-14-18(7-8-18)13-21-17(24)20-9-6-16-19-10-11-22(16)12-15-4-2-1-3-5-15/h1-5,10-11,23H,6-9,12-14H2,(H2,20,21,24). The van der Waals surface area contributed by atoms with Crippen LogP contribution in [0, 0.1) is 5.41 Å². The van der Waals surface area contributed by atoms with E-state index in [1.54, 1.807) is 6.20 Å². The molecule has 1 heterocycles. The molecule has 6 heteroatoms. The van der Waals surface area contributed by atoms with Gasteiger partial charge in [0.1, 0.15) is 5.82 Å². The number of amides is 2. The van der Waals surface area contributed by atoms with Crippen LogP contribution < -0.4 is 10.6 Å². The van der Waals surface area contributed by atoms with Gasteiger partial charge in [-0.3, -0.25) is 0 Å². The van der Waals surface area contributed by atoms with Crippen LogP contribution in [0.3, 0.4) is 0 Å². The zero-order chi connectivity index (χ0) is 16.8. The summed E-state index contributed by atoms with van der Waals surface area (Å²) in [4.78, 5) is 16.2. The van der Waals surface area contributed by atoms with Crippen molar-refractivity contribution in [2.45, 2.75) is 25.8 Å². The molecule has 0 atom stereocenters. The van der Waals surface area contributed by atoms with Crippen molar-refractivity contribution in [3.05, 3.63) is 54.1 Å². The van der Waals surface area contributed by atoms with E-state index in [4.69, 9.17) is 0 Å². The first-order valence-electron chi connectivity index (χ1n) is 8.37. The van der Waals surface area contributed by atoms with E-state index in [0.29, 0.717) is 19.5 Å². The minimum atomic E-state index is -0.184. The summed E-state index contributed by atoms with van der Waals surface area (Å²) in [5.74, 6) is 0.952. The monoisotopic (exact) mass is 328 g/mol. The van der Waals surface area contributed by atoms with Crippen LogP contribution in [0.1, 0.15) is 24.2 Å². The molecule has 0 radical (unpaired) electrons. The molecule has 3 N–H and O–H groups in total. The van der Waals surface area contributed by atoms with E-state index in [1.165, 1.54) is 5.56 Å². The van der Waals surface area contributed by atoms with Gasteiger partial charge in [-0.25, -0.2) is 9.78 Å². The zero-order valence-corrected chi connectivity index (χ0v) is 13.7. The fourth-order valence-corrected chi connectivity index (χ4v) is 2.68. The lowest BCUT2D eigenvalue weighted by atomic mass is 10.1. The molecule has 2 amide bonds. The Bertz CT molecular complexity index is 665. The fourth-order valence-electron chi connectivity index (χ4n) is 2.68. The van der Waals surface area contributed by atoms with Crippen molar-refractivity contribution < 1.29 is 9.90 Å². The molecule has 6 nitrogen and oxygen atoms in total. The van der Waals surface area contributed by atoms with E-state index < -0.39 is 0 Å². The molecule has 2 aromatic rings. The number of hydrogen-bond donors (Lipinski definition) is 3. The number of urea groups is 1. The van der Waals surface area contributed by atoms with Gasteiger partial charge in [0.05, 0.1) is 6.61 Å². The molecule has 1 saturated carbocycles. The lowest BCUT2D eigenvalue weighted by molar-refractivity contribution is 0.203. The number of carbonyl (C=O) groups excluding carboxylic acids is 1. The van der Waals surface area contributed by atoms with Gasteiger partial charge in [0.15, 0.2) is 0 Å². The first-order valence-corrected chi connectivity index (χ1v) is 8.37. The molecule has 1 fully saturated rings. The van der Waals surface area contributed by atoms with E-state index >= 15 is 0 Å². The predicted molar refractivity (Wildman–Crippen MR) is 91.6 cm³/mol. The van der Waals surface area contributed by atoms with E-state index in [1.807, 2.05) is 24.4 Å². The van der Waals surface area contributed by atoms with Crippen LogP contribution in [-0.4, -0.2) is 40.4 Å². The van der Waals surface area contributed by atoms with Gasteiger partial charge in [-0.15, -0.1) is 0 Å². The van der Waals surface area contributed by atoms with Crippen LogP contribution in [0.5, 0.6) is 0 Å². The third kappa shape index (κ3) is 4.35. The number of aromatic nitrogens is 2. The average molecular weight is 328 g/mol. The molecule has 24 heavy (non-hydrogen) atoms. The first kappa shape index (κ1) is 16.5. The van der Waals surface area contributed by atoms with Gasteiger partial charge in [0.2, 0.25) is 0 Å². The topological polar surface area (TPSA) is 79.2 Å². The molecule has 1 aromatic carbocycles. The third-order valence-corrected chi connectivity index (χ3v) is 4.55. The van der Waals surface area contributed by atoms with Crippen LogP contribution in [0.25, 0.3) is 0 Å². The lowest BCUT2D eigenvalue weighted by Crippen LogP contribution is -2.40. The minimum absolute atomic E-state index is 0.0662. The second kappa shape index (κ2) is 7.49. The van der Waals surface area contributed by atoms with Crippen molar-refractivity contribution in [1.29, 1.82) is 0 Å². The Labute approximate surface area is 141 Å². The molecule has 0 saturated heterocycles. The molecule has 1 aliphatic rings. The van der Waals surface area contributed by atoms with Gasteiger partial charge >= 0.3 is 6.03 Å². The summed E-state index contributed by atoms with van der Waals surface area (Å²) in [6.07, 6.45) is 6.40. The number of carbonyl (C=O) groups is 1. The number of aliphatic hydroxyl groups is 1. The van der Waals surface area contributed by atoms with Gasteiger partial charge < -0.3 is 20.3 Å². The maximum absolute atomic E-state index is 11.8. The highest BCUT2D eigenvalue weighted by Gasteiger charge is 2.42. The smallest absolute Gasteiger partial charge is 0.314 e. The summed E-state index contributed by atoms with van der Waals surface area (Å²) in [6, 6.07) is 10.0. The summed E-state index contributed by atoms with van der Waals surface area (Å²) in [5.41, 5.74) is 1.16. The molecule has 128 valence electrons. The maximum Gasteiger partial charge on any atom is 0.314 e. The highest BCUT2D eigenvalue weighted by molar-refractivity contribution is 5.73. The average Bonchev–Trinajstić information content (AvgIpc) is 3.27. The van der Waals surface area contributed by atoms with Crippen molar-refractivity contribution in [3.63, 3.8) is 0 Å². The highest BCUT2D eigenvalue weighted by atomic mass is 16.3. The molecule has 1 aromatic heterocycles. The van der Waals surface area contributed by atoms with E-state index in [2.05, 4.69) is 32.3 Å². The lowest BCUT2D eigenvalue weighted by Gasteiger charge is -2.13. The summed E-state index contributed by atoms with van der Waals surface area (Å²) in [6.45, 7) is 1.99. The van der Waals surface area contributed by atoms with Crippen molar-refractivity contribution >= 4 is 6.03 Å². The molecule has 0 unspecified atom stereocenters. The van der Waals surface area contributed by atoms with Gasteiger partial charge in [0, 0.05) is 43.9 Å². The molecule has 0 bridgehead atoms. The SMILES string of the molecule is O=C(NCCc1nccn1Cc1ccccc1)NCC1(CO)CC1. The third-order valence-electron chi connectivity index (χ3n) is 4.55. The molecule has 0 aliphatic heterocycles. The number of benzene rings is 1. The van der Waals surface area contributed by atoms with E-state index in [0.717, 1.165) is 25.2 Å². The summed E-state index contributed by atoms with van der Waals surface area (Å²) in [5, 5.41) is 14.9. The van der Waals surface area contributed by atoms with Gasteiger partial charge in [-0.2, -0.15) is 0 Å². The molecule has 1 aliphatic carbocycles. The quantitative estimate of drug-likeness (QED) is 0.688. The Hall–Kier alpha value is -2.34. The van der Waals surface area contributed by atoms with Crippen LogP contribution in [0.2, 0.25) is 0 Å². The van der Waals surface area contributed by atoms with Crippen LogP contribution in [0.15, 0.2) is 42.7 Å². The number of nitrogens with zero attached hydrogens (tertiary/aromatic N) is 2. The Morgan fingerprint density at radius 1 is 1.25 bits per heavy atom. The van der Waals surface area contributed by atoms with Crippen LogP contribution >= 0.6 is 0 Å². The Morgan fingerprint density at radius 3 is 2.75 bits per heavy atom. The molecule has 0 spiro atoms. The van der Waals surface area contributed by atoms with Gasteiger partial charge in [-0.1, -0.05) is 30.3 Å².